The van der Waals surface area contributed by atoms with Gasteiger partial charge < -0.3 is 9.88 Å². The van der Waals surface area contributed by atoms with E-state index in [1.807, 2.05) is 12.1 Å². The van der Waals surface area contributed by atoms with E-state index in [4.69, 9.17) is 0 Å². The smallest absolute Gasteiger partial charge is 0.287 e. The van der Waals surface area contributed by atoms with Crippen LogP contribution in [0.2, 0.25) is 0 Å². The van der Waals surface area contributed by atoms with Crippen LogP contribution in [0.25, 0.3) is 0 Å². The zero-order valence-electron chi connectivity index (χ0n) is 12.3. The third-order valence-electron chi connectivity index (χ3n) is 4.08. The summed E-state index contributed by atoms with van der Waals surface area (Å²) in [7, 11) is 1.63. The van der Waals surface area contributed by atoms with Crippen LogP contribution < -0.4 is 5.32 Å². The van der Waals surface area contributed by atoms with E-state index < -0.39 is 4.92 Å². The number of nitrogens with one attached hydrogen (secondary N) is 1. The van der Waals surface area contributed by atoms with Crippen molar-refractivity contribution in [2.75, 3.05) is 5.32 Å². The molecule has 0 fully saturated rings. The number of carbonyl (C=O) groups excluding carboxylic acids is 1. The van der Waals surface area contributed by atoms with E-state index in [2.05, 4.69) is 11.4 Å². The van der Waals surface area contributed by atoms with Gasteiger partial charge >= 0.3 is 0 Å². The molecule has 0 bridgehead atoms. The van der Waals surface area contributed by atoms with E-state index in [9.17, 15) is 14.9 Å². The quantitative estimate of drug-likeness (QED) is 0.699. The molecule has 0 saturated carbocycles. The normalized spacial score (nSPS) is 13.5. The molecule has 0 radical (unpaired) electrons. The van der Waals surface area contributed by atoms with Crippen molar-refractivity contribution in [3.05, 3.63) is 57.4 Å². The van der Waals surface area contributed by atoms with E-state index in [1.54, 1.807) is 7.05 Å². The Morgan fingerprint density at radius 1 is 1.32 bits per heavy atom. The molecule has 0 saturated heterocycles. The Kier molecular flexibility index (Phi) is 3.66. The summed E-state index contributed by atoms with van der Waals surface area (Å²) >= 11 is 0. The fourth-order valence-electron chi connectivity index (χ4n) is 2.96. The Bertz CT molecular complexity index is 749. The van der Waals surface area contributed by atoms with Gasteiger partial charge in [-0.25, -0.2) is 0 Å². The Balaban J connectivity index is 1.87. The number of anilines is 1. The topological polar surface area (TPSA) is 77.2 Å². The first-order chi connectivity index (χ1) is 10.6. The highest BCUT2D eigenvalue weighted by Gasteiger charge is 2.19. The second kappa shape index (κ2) is 5.63. The van der Waals surface area contributed by atoms with Crippen LogP contribution >= 0.6 is 0 Å². The molecular weight excluding hydrogens is 282 g/mol. The number of nitro groups is 1. The van der Waals surface area contributed by atoms with Crippen molar-refractivity contribution >= 4 is 17.3 Å². The molecule has 1 aromatic carbocycles. The number of aromatic nitrogens is 1. The second-order valence-corrected chi connectivity index (χ2v) is 5.56. The average molecular weight is 299 g/mol. The maximum Gasteiger partial charge on any atom is 0.287 e. The highest BCUT2D eigenvalue weighted by Crippen LogP contribution is 2.28. The molecule has 6 nitrogen and oxygen atoms in total. The van der Waals surface area contributed by atoms with Crippen molar-refractivity contribution < 1.29 is 9.72 Å². The summed E-state index contributed by atoms with van der Waals surface area (Å²) in [5.74, 6) is -0.324. The first-order valence-corrected chi connectivity index (χ1v) is 7.29. The monoisotopic (exact) mass is 299 g/mol. The molecule has 0 spiro atoms. The molecule has 1 heterocycles. The predicted molar refractivity (Wildman–Crippen MR) is 83.1 cm³/mol. The van der Waals surface area contributed by atoms with Crippen LogP contribution in [0.1, 0.15) is 34.5 Å². The minimum Gasteiger partial charge on any atom is -0.340 e. The minimum absolute atomic E-state index is 0.0808. The largest absolute Gasteiger partial charge is 0.340 e. The lowest BCUT2D eigenvalue weighted by Gasteiger charge is -2.19. The third-order valence-corrected chi connectivity index (χ3v) is 4.08. The standard InChI is InChI=1S/C16H17N3O3/c1-18-10-12(19(21)22)9-15(18)16(20)17-14-8-4-6-11-5-2-3-7-13(11)14/h4,6,8-10H,2-3,5,7H2,1H3,(H,17,20). The summed E-state index contributed by atoms with van der Waals surface area (Å²) in [5.41, 5.74) is 3.47. The maximum atomic E-state index is 12.4. The first kappa shape index (κ1) is 14.3. The zero-order chi connectivity index (χ0) is 15.7. The number of aryl methyl sites for hydroxylation is 2. The van der Waals surface area contributed by atoms with Gasteiger partial charge in [0.15, 0.2) is 0 Å². The minimum atomic E-state index is -0.499. The van der Waals surface area contributed by atoms with Gasteiger partial charge in [-0.3, -0.25) is 14.9 Å². The van der Waals surface area contributed by atoms with Crippen LogP contribution in [0, 0.1) is 10.1 Å². The van der Waals surface area contributed by atoms with Crippen LogP contribution in [0.4, 0.5) is 11.4 Å². The highest BCUT2D eigenvalue weighted by molar-refractivity contribution is 6.04. The van der Waals surface area contributed by atoms with Crippen LogP contribution in [0.3, 0.4) is 0 Å². The number of nitrogens with zero attached hydrogens (tertiary/aromatic N) is 2. The molecule has 1 aliphatic rings. The van der Waals surface area contributed by atoms with Crippen molar-refractivity contribution in [2.45, 2.75) is 25.7 Å². The lowest BCUT2D eigenvalue weighted by atomic mass is 9.90. The number of hydrogen-bond acceptors (Lipinski definition) is 3. The Morgan fingerprint density at radius 3 is 2.82 bits per heavy atom. The summed E-state index contributed by atoms with van der Waals surface area (Å²) in [6, 6.07) is 7.22. The number of hydrogen-bond donors (Lipinski definition) is 1. The molecular formula is C16H17N3O3. The van der Waals surface area contributed by atoms with Gasteiger partial charge in [0.25, 0.3) is 11.6 Å². The molecule has 1 aromatic heterocycles. The molecule has 1 aliphatic carbocycles. The first-order valence-electron chi connectivity index (χ1n) is 7.29. The van der Waals surface area contributed by atoms with Crippen molar-refractivity contribution in [3.63, 3.8) is 0 Å². The van der Waals surface area contributed by atoms with Gasteiger partial charge in [-0.1, -0.05) is 12.1 Å². The number of rotatable bonds is 3. The van der Waals surface area contributed by atoms with E-state index in [0.29, 0.717) is 0 Å². The lowest BCUT2D eigenvalue weighted by Crippen LogP contribution is -2.17. The third kappa shape index (κ3) is 2.59. The van der Waals surface area contributed by atoms with Crippen molar-refractivity contribution in [3.8, 4) is 0 Å². The molecule has 0 unspecified atom stereocenters. The number of amides is 1. The highest BCUT2D eigenvalue weighted by atomic mass is 16.6. The van der Waals surface area contributed by atoms with Gasteiger partial charge in [-0.15, -0.1) is 0 Å². The van der Waals surface area contributed by atoms with E-state index in [0.717, 1.165) is 24.9 Å². The van der Waals surface area contributed by atoms with Crippen molar-refractivity contribution in [1.29, 1.82) is 0 Å². The molecule has 22 heavy (non-hydrogen) atoms. The zero-order valence-corrected chi connectivity index (χ0v) is 12.3. The molecule has 2 aromatic rings. The summed E-state index contributed by atoms with van der Waals surface area (Å²) in [6.07, 6.45) is 5.63. The molecule has 3 rings (SSSR count). The molecule has 0 atom stereocenters. The average Bonchev–Trinajstić information content (AvgIpc) is 2.90. The Hall–Kier alpha value is -2.63. The van der Waals surface area contributed by atoms with E-state index in [1.165, 1.54) is 34.4 Å². The summed E-state index contributed by atoms with van der Waals surface area (Å²) in [6.45, 7) is 0. The van der Waals surface area contributed by atoms with E-state index in [-0.39, 0.29) is 17.3 Å². The molecule has 0 aliphatic heterocycles. The van der Waals surface area contributed by atoms with Gasteiger partial charge in [-0.05, 0) is 42.9 Å². The summed E-state index contributed by atoms with van der Waals surface area (Å²) < 4.78 is 1.48. The molecule has 1 amide bonds. The van der Waals surface area contributed by atoms with Crippen LogP contribution in [-0.4, -0.2) is 15.4 Å². The van der Waals surface area contributed by atoms with Crippen molar-refractivity contribution in [2.24, 2.45) is 7.05 Å². The molecule has 6 heteroatoms. The van der Waals surface area contributed by atoms with Gasteiger partial charge in [-0.2, -0.15) is 0 Å². The second-order valence-electron chi connectivity index (χ2n) is 5.56. The number of carbonyl (C=O) groups is 1. The van der Waals surface area contributed by atoms with Crippen LogP contribution in [0.5, 0.6) is 0 Å². The number of benzene rings is 1. The van der Waals surface area contributed by atoms with Gasteiger partial charge in [0.1, 0.15) is 5.69 Å². The fraction of sp³-hybridized carbons (Fsp3) is 0.312. The van der Waals surface area contributed by atoms with Crippen LogP contribution in [-0.2, 0) is 19.9 Å². The predicted octanol–water partition coefficient (Wildman–Crippen LogP) is 3.06. The SMILES string of the molecule is Cn1cc([N+](=O)[O-])cc1C(=O)Nc1cccc2c1CCCC2. The fourth-order valence-corrected chi connectivity index (χ4v) is 2.96. The van der Waals surface area contributed by atoms with Crippen LogP contribution in [0.15, 0.2) is 30.5 Å². The van der Waals surface area contributed by atoms with Crippen molar-refractivity contribution in [1.82, 2.24) is 4.57 Å². The summed E-state index contributed by atoms with van der Waals surface area (Å²) in [4.78, 5) is 22.7. The van der Waals surface area contributed by atoms with Gasteiger partial charge in [0, 0.05) is 18.8 Å². The Morgan fingerprint density at radius 2 is 2.09 bits per heavy atom. The molecule has 114 valence electrons. The van der Waals surface area contributed by atoms with Gasteiger partial charge in [0.05, 0.1) is 11.1 Å². The number of fused-ring (bicyclic) bond motifs is 1. The summed E-state index contributed by atoms with van der Waals surface area (Å²) in [5, 5.41) is 13.7. The lowest BCUT2D eigenvalue weighted by molar-refractivity contribution is -0.384. The van der Waals surface area contributed by atoms with E-state index >= 15 is 0 Å². The maximum absolute atomic E-state index is 12.4. The molecule has 1 N–H and O–H groups in total. The van der Waals surface area contributed by atoms with Gasteiger partial charge in [0.2, 0.25) is 0 Å². The Labute approximate surface area is 127 Å².